The minimum Gasteiger partial charge on any atom is -0.396 e. The van der Waals surface area contributed by atoms with Gasteiger partial charge in [0.05, 0.1) is 4.90 Å². The maximum Gasteiger partial charge on any atom is 0.238 e. The fourth-order valence-electron chi connectivity index (χ4n) is 2.71. The van der Waals surface area contributed by atoms with E-state index in [9.17, 15) is 13.5 Å². The lowest BCUT2D eigenvalue weighted by atomic mass is 9.89. The largest absolute Gasteiger partial charge is 0.396 e. The Morgan fingerprint density at radius 1 is 1.29 bits per heavy atom. The van der Waals surface area contributed by atoms with Crippen molar-refractivity contribution in [2.75, 3.05) is 6.61 Å². The van der Waals surface area contributed by atoms with E-state index < -0.39 is 10.0 Å². The molecular formula is C12H17NO3S. The van der Waals surface area contributed by atoms with Gasteiger partial charge in [-0.15, -0.1) is 0 Å². The number of aliphatic hydroxyl groups excluding tert-OH is 1. The van der Waals surface area contributed by atoms with E-state index in [1.54, 1.807) is 12.1 Å². The summed E-state index contributed by atoms with van der Waals surface area (Å²) in [6.07, 6.45) is 2.88. The second kappa shape index (κ2) is 4.76. The summed E-state index contributed by atoms with van der Waals surface area (Å²) in [7, 11) is -3.68. The quantitative estimate of drug-likeness (QED) is 0.852. The highest BCUT2D eigenvalue weighted by atomic mass is 32.2. The molecule has 4 nitrogen and oxygen atoms in total. The SMILES string of the molecule is NS(=O)(=O)c1ccccc1[C@H]1CCC[C@H]1CO. The van der Waals surface area contributed by atoms with Gasteiger partial charge in [-0.2, -0.15) is 0 Å². The summed E-state index contributed by atoms with van der Waals surface area (Å²) in [5.41, 5.74) is 0.756. The van der Waals surface area contributed by atoms with Crippen molar-refractivity contribution < 1.29 is 13.5 Å². The van der Waals surface area contributed by atoms with Crippen LogP contribution in [0, 0.1) is 5.92 Å². The van der Waals surface area contributed by atoms with Crippen molar-refractivity contribution in [2.45, 2.75) is 30.1 Å². The monoisotopic (exact) mass is 255 g/mol. The number of nitrogens with two attached hydrogens (primary N) is 1. The van der Waals surface area contributed by atoms with E-state index in [1.807, 2.05) is 6.07 Å². The van der Waals surface area contributed by atoms with E-state index in [0.29, 0.717) is 0 Å². The van der Waals surface area contributed by atoms with E-state index in [1.165, 1.54) is 6.07 Å². The van der Waals surface area contributed by atoms with Gasteiger partial charge >= 0.3 is 0 Å². The van der Waals surface area contributed by atoms with Crippen LogP contribution in [0.15, 0.2) is 29.2 Å². The topological polar surface area (TPSA) is 80.4 Å². The van der Waals surface area contributed by atoms with Crippen LogP contribution in [0.3, 0.4) is 0 Å². The minimum absolute atomic E-state index is 0.101. The van der Waals surface area contributed by atoms with Crippen molar-refractivity contribution in [3.8, 4) is 0 Å². The molecule has 2 rings (SSSR count). The van der Waals surface area contributed by atoms with Gasteiger partial charge < -0.3 is 5.11 Å². The molecule has 0 saturated heterocycles. The molecule has 94 valence electrons. The van der Waals surface area contributed by atoms with Gasteiger partial charge in [-0.05, 0) is 36.3 Å². The van der Waals surface area contributed by atoms with Crippen molar-refractivity contribution in [1.29, 1.82) is 0 Å². The standard InChI is InChI=1S/C12H17NO3S/c13-17(15,16)12-7-2-1-5-11(12)10-6-3-4-9(10)8-14/h1-2,5,7,9-10,14H,3-4,6,8H2,(H2,13,15,16)/t9-,10-/m0/s1. The van der Waals surface area contributed by atoms with E-state index in [0.717, 1.165) is 24.8 Å². The average molecular weight is 255 g/mol. The van der Waals surface area contributed by atoms with Crippen molar-refractivity contribution in [3.63, 3.8) is 0 Å². The fraction of sp³-hybridized carbons (Fsp3) is 0.500. The van der Waals surface area contributed by atoms with E-state index in [2.05, 4.69) is 0 Å². The van der Waals surface area contributed by atoms with Gasteiger partial charge in [-0.1, -0.05) is 24.6 Å². The minimum atomic E-state index is -3.68. The molecule has 0 radical (unpaired) electrons. The van der Waals surface area contributed by atoms with Gasteiger partial charge in [-0.3, -0.25) is 0 Å². The van der Waals surface area contributed by atoms with Crippen molar-refractivity contribution in [3.05, 3.63) is 29.8 Å². The Hall–Kier alpha value is -0.910. The van der Waals surface area contributed by atoms with Crippen LogP contribution in [-0.2, 0) is 10.0 Å². The van der Waals surface area contributed by atoms with Crippen molar-refractivity contribution in [1.82, 2.24) is 0 Å². The van der Waals surface area contributed by atoms with E-state index >= 15 is 0 Å². The highest BCUT2D eigenvalue weighted by molar-refractivity contribution is 7.89. The molecule has 0 aliphatic heterocycles. The van der Waals surface area contributed by atoms with Gasteiger partial charge in [-0.25, -0.2) is 13.6 Å². The van der Waals surface area contributed by atoms with Crippen LogP contribution in [0.25, 0.3) is 0 Å². The zero-order valence-electron chi connectivity index (χ0n) is 9.54. The van der Waals surface area contributed by atoms with Crippen molar-refractivity contribution in [2.24, 2.45) is 11.1 Å². The first-order valence-electron chi connectivity index (χ1n) is 5.76. The normalized spacial score (nSPS) is 25.1. The average Bonchev–Trinajstić information content (AvgIpc) is 2.75. The predicted octanol–water partition coefficient (Wildman–Crippen LogP) is 1.21. The maximum absolute atomic E-state index is 11.5. The lowest BCUT2D eigenvalue weighted by Gasteiger charge is -2.20. The number of primary sulfonamides is 1. The maximum atomic E-state index is 11.5. The second-order valence-electron chi connectivity index (χ2n) is 4.56. The van der Waals surface area contributed by atoms with Gasteiger partial charge in [0.2, 0.25) is 10.0 Å². The Labute approximate surface area is 102 Å². The Morgan fingerprint density at radius 3 is 2.65 bits per heavy atom. The van der Waals surface area contributed by atoms with Gasteiger partial charge in [0.1, 0.15) is 0 Å². The second-order valence-corrected chi connectivity index (χ2v) is 6.09. The highest BCUT2D eigenvalue weighted by Gasteiger charge is 2.31. The molecule has 0 spiro atoms. The van der Waals surface area contributed by atoms with Crippen LogP contribution in [0.1, 0.15) is 30.7 Å². The van der Waals surface area contributed by atoms with Gasteiger partial charge in [0, 0.05) is 6.61 Å². The summed E-state index contributed by atoms with van der Waals surface area (Å²) >= 11 is 0. The number of aliphatic hydroxyl groups is 1. The zero-order valence-corrected chi connectivity index (χ0v) is 10.4. The summed E-state index contributed by atoms with van der Waals surface area (Å²) < 4.78 is 23.0. The summed E-state index contributed by atoms with van der Waals surface area (Å²) in [5, 5.41) is 14.5. The molecule has 1 aromatic rings. The number of hydrogen-bond donors (Lipinski definition) is 2. The first-order valence-corrected chi connectivity index (χ1v) is 7.31. The highest BCUT2D eigenvalue weighted by Crippen LogP contribution is 2.41. The summed E-state index contributed by atoms with van der Waals surface area (Å²) in [6, 6.07) is 6.83. The van der Waals surface area contributed by atoms with E-state index in [4.69, 9.17) is 5.14 Å². The lowest BCUT2D eigenvalue weighted by molar-refractivity contribution is 0.216. The molecule has 1 saturated carbocycles. The third-order valence-corrected chi connectivity index (χ3v) is 4.50. The molecule has 0 unspecified atom stereocenters. The molecule has 0 heterocycles. The predicted molar refractivity (Wildman–Crippen MR) is 65.0 cm³/mol. The molecule has 1 fully saturated rings. The first kappa shape index (κ1) is 12.5. The van der Waals surface area contributed by atoms with Crippen LogP contribution < -0.4 is 5.14 Å². The molecule has 0 aromatic heterocycles. The molecule has 1 aliphatic rings. The molecule has 0 amide bonds. The molecule has 2 atom stereocenters. The first-order chi connectivity index (χ1) is 8.04. The van der Waals surface area contributed by atoms with E-state index in [-0.39, 0.29) is 23.3 Å². The molecule has 3 N–H and O–H groups in total. The molecular weight excluding hydrogens is 238 g/mol. The van der Waals surface area contributed by atoms with Gasteiger partial charge in [0.15, 0.2) is 0 Å². The van der Waals surface area contributed by atoms with Gasteiger partial charge in [0.25, 0.3) is 0 Å². The Balaban J connectivity index is 2.45. The Kier molecular flexibility index (Phi) is 3.51. The molecule has 17 heavy (non-hydrogen) atoms. The summed E-state index contributed by atoms with van der Waals surface area (Å²) in [4.78, 5) is 0.199. The smallest absolute Gasteiger partial charge is 0.238 e. The molecule has 1 aliphatic carbocycles. The molecule has 5 heteroatoms. The molecule has 0 bridgehead atoms. The Bertz CT molecular complexity index is 498. The number of hydrogen-bond acceptors (Lipinski definition) is 3. The molecule has 1 aromatic carbocycles. The summed E-state index contributed by atoms with van der Waals surface area (Å²) in [5.74, 6) is 0.257. The van der Waals surface area contributed by atoms with Crippen LogP contribution >= 0.6 is 0 Å². The van der Waals surface area contributed by atoms with Crippen LogP contribution in [0.4, 0.5) is 0 Å². The number of rotatable bonds is 3. The third kappa shape index (κ3) is 2.51. The number of benzene rings is 1. The van der Waals surface area contributed by atoms with Crippen molar-refractivity contribution >= 4 is 10.0 Å². The van der Waals surface area contributed by atoms with Crippen LogP contribution in [0.2, 0.25) is 0 Å². The fourth-order valence-corrected chi connectivity index (χ4v) is 3.53. The third-order valence-electron chi connectivity index (χ3n) is 3.52. The lowest BCUT2D eigenvalue weighted by Crippen LogP contribution is -2.18. The zero-order chi connectivity index (χ0) is 12.5. The van der Waals surface area contributed by atoms with Crippen LogP contribution in [0.5, 0.6) is 0 Å². The Morgan fingerprint density at radius 2 is 2.00 bits per heavy atom. The number of sulfonamides is 1. The summed E-state index contributed by atoms with van der Waals surface area (Å²) in [6.45, 7) is 0.101. The van der Waals surface area contributed by atoms with Crippen LogP contribution in [-0.4, -0.2) is 20.1 Å².